The topological polar surface area (TPSA) is 86.8 Å². The Morgan fingerprint density at radius 2 is 1.52 bits per heavy atom. The number of nitrogens with one attached hydrogen (secondary N) is 1. The van der Waals surface area contributed by atoms with Gasteiger partial charge in [-0.05, 0) is 91.6 Å². The Labute approximate surface area is 263 Å². The smallest absolute Gasteiger partial charge is 0.264 e. The molecule has 0 aliphatic rings. The molecule has 230 valence electrons. The number of aryl methyl sites for hydroxylation is 2. The summed E-state index contributed by atoms with van der Waals surface area (Å²) in [5.41, 5.74) is 3.51. The fraction of sp³-hybridized carbons (Fsp3) is 0.235. The molecule has 0 bridgehead atoms. The molecule has 1 N–H and O–H groups in total. The van der Waals surface area contributed by atoms with Crippen molar-refractivity contribution in [3.8, 4) is 0 Å². The highest BCUT2D eigenvalue weighted by molar-refractivity contribution is 7.92. The Kier molecular flexibility index (Phi) is 10.8. The van der Waals surface area contributed by atoms with E-state index in [1.807, 2.05) is 44.2 Å². The molecule has 0 heterocycles. The van der Waals surface area contributed by atoms with Gasteiger partial charge >= 0.3 is 0 Å². The molecule has 0 aliphatic carbocycles. The lowest BCUT2D eigenvalue weighted by atomic mass is 10.0. The molecular weight excluding hydrogens is 601 g/mol. The second kappa shape index (κ2) is 14.5. The number of benzene rings is 4. The first kappa shape index (κ1) is 32.7. The Hall–Kier alpha value is -4.21. The summed E-state index contributed by atoms with van der Waals surface area (Å²) in [5.74, 6) is -1.42. The van der Waals surface area contributed by atoms with Gasteiger partial charge < -0.3 is 10.2 Å². The van der Waals surface area contributed by atoms with Crippen molar-refractivity contribution in [2.75, 3.05) is 17.4 Å². The van der Waals surface area contributed by atoms with E-state index in [1.165, 1.54) is 41.3 Å². The average Bonchev–Trinajstić information content (AvgIpc) is 3.00. The molecule has 0 fully saturated rings. The molecule has 4 aromatic carbocycles. The Morgan fingerprint density at radius 3 is 2.14 bits per heavy atom. The lowest BCUT2D eigenvalue weighted by Gasteiger charge is -2.34. The zero-order chi connectivity index (χ0) is 31.9. The minimum Gasteiger partial charge on any atom is -0.355 e. The maximum Gasteiger partial charge on any atom is 0.264 e. The van der Waals surface area contributed by atoms with Crippen molar-refractivity contribution in [1.82, 2.24) is 10.2 Å². The lowest BCUT2D eigenvalue weighted by molar-refractivity contribution is -0.140. The predicted molar refractivity (Wildman–Crippen MR) is 171 cm³/mol. The molecule has 0 saturated carbocycles. The second-order valence-electron chi connectivity index (χ2n) is 10.5. The molecule has 4 rings (SSSR count). The van der Waals surface area contributed by atoms with E-state index >= 15 is 0 Å². The minimum absolute atomic E-state index is 0.0393. The number of sulfonamides is 1. The van der Waals surface area contributed by atoms with Crippen LogP contribution >= 0.6 is 11.6 Å². The third kappa shape index (κ3) is 8.03. The number of hydrogen-bond acceptors (Lipinski definition) is 4. The van der Waals surface area contributed by atoms with E-state index in [9.17, 15) is 22.4 Å². The summed E-state index contributed by atoms with van der Waals surface area (Å²) in [5, 5.41) is 3.19. The number of anilines is 1. The Morgan fingerprint density at radius 1 is 0.864 bits per heavy atom. The highest BCUT2D eigenvalue weighted by Crippen LogP contribution is 2.27. The number of hydrogen-bond donors (Lipinski definition) is 1. The van der Waals surface area contributed by atoms with Gasteiger partial charge in [0.05, 0.1) is 10.6 Å². The maximum atomic E-state index is 14.4. The second-order valence-corrected chi connectivity index (χ2v) is 12.8. The van der Waals surface area contributed by atoms with Gasteiger partial charge in [-0.1, -0.05) is 60.1 Å². The average molecular weight is 636 g/mol. The molecular formula is C34H35ClFN3O4S. The largest absolute Gasteiger partial charge is 0.355 e. The van der Waals surface area contributed by atoms with E-state index in [1.54, 1.807) is 37.3 Å². The highest BCUT2D eigenvalue weighted by Gasteiger charge is 2.34. The van der Waals surface area contributed by atoms with Crippen molar-refractivity contribution < 1.29 is 22.4 Å². The molecule has 0 radical (unpaired) electrons. The van der Waals surface area contributed by atoms with Gasteiger partial charge in [0.15, 0.2) is 0 Å². The Bertz CT molecular complexity index is 1700. The van der Waals surface area contributed by atoms with Crippen LogP contribution in [0.3, 0.4) is 0 Å². The molecule has 7 nitrogen and oxygen atoms in total. The summed E-state index contributed by atoms with van der Waals surface area (Å²) >= 11 is 6.04. The third-order valence-corrected chi connectivity index (χ3v) is 9.39. The zero-order valence-corrected chi connectivity index (χ0v) is 26.4. The first-order valence-corrected chi connectivity index (χ1v) is 16.0. The number of carbonyl (C=O) groups excluding carboxylic acids is 2. The van der Waals surface area contributed by atoms with Gasteiger partial charge in [0.25, 0.3) is 10.0 Å². The van der Waals surface area contributed by atoms with Crippen molar-refractivity contribution >= 4 is 39.1 Å². The molecule has 0 unspecified atom stereocenters. The van der Waals surface area contributed by atoms with Crippen molar-refractivity contribution in [1.29, 1.82) is 0 Å². The van der Waals surface area contributed by atoms with Crippen molar-refractivity contribution in [2.45, 2.75) is 44.7 Å². The summed E-state index contributed by atoms with van der Waals surface area (Å²) in [6.45, 7) is 5.26. The van der Waals surface area contributed by atoms with Crippen LogP contribution in [-0.4, -0.2) is 44.3 Å². The molecule has 1 atom stereocenters. The van der Waals surface area contributed by atoms with Crippen LogP contribution in [0.1, 0.15) is 29.2 Å². The number of halogens is 2. The van der Waals surface area contributed by atoms with Crippen LogP contribution in [0.25, 0.3) is 0 Å². The van der Waals surface area contributed by atoms with Crippen LogP contribution in [-0.2, 0) is 32.6 Å². The SMILES string of the molecule is CCNC(=O)[C@H](Cc1ccccc1)N(Cc1ccc(F)cc1)C(=O)CN(c1ccc(C)c(C)c1)S(=O)(=O)c1ccc(Cl)cc1. The number of likely N-dealkylation sites (N-methyl/N-ethyl adjacent to an activating group) is 1. The molecule has 0 spiro atoms. The molecule has 4 aromatic rings. The van der Waals surface area contributed by atoms with Crippen LogP contribution in [0.2, 0.25) is 5.02 Å². The van der Waals surface area contributed by atoms with E-state index in [0.29, 0.717) is 22.8 Å². The summed E-state index contributed by atoms with van der Waals surface area (Å²) in [6.07, 6.45) is 0.188. The first-order valence-electron chi connectivity index (χ1n) is 14.2. The monoisotopic (exact) mass is 635 g/mol. The lowest BCUT2D eigenvalue weighted by Crippen LogP contribution is -2.53. The van der Waals surface area contributed by atoms with Crippen LogP contribution in [0.15, 0.2) is 102 Å². The van der Waals surface area contributed by atoms with Gasteiger partial charge in [-0.2, -0.15) is 0 Å². The normalized spacial score (nSPS) is 11.9. The van der Waals surface area contributed by atoms with Crippen LogP contribution in [0.4, 0.5) is 10.1 Å². The van der Waals surface area contributed by atoms with Crippen LogP contribution in [0, 0.1) is 19.7 Å². The molecule has 44 heavy (non-hydrogen) atoms. The Balaban J connectivity index is 1.81. The fourth-order valence-electron chi connectivity index (χ4n) is 4.78. The highest BCUT2D eigenvalue weighted by atomic mass is 35.5. The number of carbonyl (C=O) groups is 2. The van der Waals surface area contributed by atoms with Crippen molar-refractivity contribution in [2.24, 2.45) is 0 Å². The molecule has 10 heteroatoms. The van der Waals surface area contributed by atoms with E-state index in [4.69, 9.17) is 11.6 Å². The third-order valence-electron chi connectivity index (χ3n) is 7.35. The fourth-order valence-corrected chi connectivity index (χ4v) is 6.31. The predicted octanol–water partition coefficient (Wildman–Crippen LogP) is 6.07. The summed E-state index contributed by atoms with van der Waals surface area (Å²) < 4.78 is 43.0. The van der Waals surface area contributed by atoms with Crippen LogP contribution < -0.4 is 9.62 Å². The van der Waals surface area contributed by atoms with Gasteiger partial charge in [0, 0.05) is 24.5 Å². The van der Waals surface area contributed by atoms with Crippen LogP contribution in [0.5, 0.6) is 0 Å². The minimum atomic E-state index is -4.25. The van der Waals surface area contributed by atoms with Gasteiger partial charge in [-0.15, -0.1) is 0 Å². The molecule has 0 saturated heterocycles. The first-order chi connectivity index (χ1) is 21.0. The quantitative estimate of drug-likeness (QED) is 0.205. The van der Waals surface area contributed by atoms with E-state index in [2.05, 4.69) is 5.32 Å². The van der Waals surface area contributed by atoms with Crippen molar-refractivity contribution in [3.05, 3.63) is 130 Å². The summed E-state index contributed by atoms with van der Waals surface area (Å²) in [4.78, 5) is 29.2. The van der Waals surface area contributed by atoms with Gasteiger partial charge in [-0.3, -0.25) is 13.9 Å². The van der Waals surface area contributed by atoms with Crippen molar-refractivity contribution in [3.63, 3.8) is 0 Å². The standard InChI is InChI=1S/C34H35ClFN3O4S/c1-4-37-34(41)32(21-26-8-6-5-7-9-26)38(22-27-11-15-29(36)16-12-27)33(40)23-39(30-17-10-24(2)25(3)20-30)44(42,43)31-18-13-28(35)14-19-31/h5-20,32H,4,21-23H2,1-3H3,(H,37,41)/t32-/m0/s1. The molecule has 0 aromatic heterocycles. The zero-order valence-electron chi connectivity index (χ0n) is 24.8. The molecule has 2 amide bonds. The number of rotatable bonds is 12. The number of amides is 2. The number of nitrogens with zero attached hydrogens (tertiary/aromatic N) is 2. The van der Waals surface area contributed by atoms with E-state index < -0.39 is 34.3 Å². The maximum absolute atomic E-state index is 14.4. The van der Waals surface area contributed by atoms with E-state index in [-0.39, 0.29) is 23.8 Å². The van der Waals surface area contributed by atoms with Gasteiger partial charge in [0.2, 0.25) is 11.8 Å². The van der Waals surface area contributed by atoms with E-state index in [0.717, 1.165) is 21.0 Å². The summed E-state index contributed by atoms with van der Waals surface area (Å²) in [7, 11) is -4.25. The van der Waals surface area contributed by atoms with Gasteiger partial charge in [0.1, 0.15) is 18.4 Å². The summed E-state index contributed by atoms with van der Waals surface area (Å²) in [6, 6.07) is 24.8. The molecule has 0 aliphatic heterocycles. The van der Waals surface area contributed by atoms with Gasteiger partial charge in [-0.25, -0.2) is 12.8 Å².